The van der Waals surface area contributed by atoms with Crippen LogP contribution in [0.15, 0.2) is 87.8 Å². The number of ether oxygens (including phenoxy) is 2. The fourth-order valence-corrected chi connectivity index (χ4v) is 4.16. The lowest BCUT2D eigenvalue weighted by Crippen LogP contribution is -2.33. The van der Waals surface area contributed by atoms with Gasteiger partial charge in [-0.2, -0.15) is 0 Å². The molecule has 3 rings (SSSR count). The molecular weight excluding hydrogens is 609 g/mol. The Balaban J connectivity index is 1.64. The molecule has 2 amide bonds. The molecule has 0 fully saturated rings. The predicted octanol–water partition coefficient (Wildman–Crippen LogP) is 7.47. The van der Waals surface area contributed by atoms with Gasteiger partial charge in [0.2, 0.25) is 0 Å². The molecule has 0 unspecified atom stereocenters. The van der Waals surface area contributed by atoms with Crippen molar-refractivity contribution < 1.29 is 32.2 Å². The molecule has 238 valence electrons. The highest BCUT2D eigenvalue weighted by molar-refractivity contribution is 8.13. The molecule has 4 N–H and O–H groups in total. The molecule has 0 saturated carbocycles. The quantitative estimate of drug-likeness (QED) is 0.0907. The molecule has 0 aliphatic rings. The number of carbonyl (C=O) groups excluding carboxylic acids is 2. The van der Waals surface area contributed by atoms with Crippen LogP contribution in [0.1, 0.15) is 44.7 Å². The Hall–Kier alpha value is -4.85. The maximum Gasteiger partial charge on any atom is 0.573 e. The number of alkyl halides is 3. The van der Waals surface area contributed by atoms with Gasteiger partial charge in [-0.1, -0.05) is 45.9 Å². The van der Waals surface area contributed by atoms with Crippen molar-refractivity contribution in [2.24, 2.45) is 26.6 Å². The fourth-order valence-electron chi connectivity index (χ4n) is 3.54. The number of halogens is 3. The van der Waals surface area contributed by atoms with Crippen molar-refractivity contribution >= 4 is 58.2 Å². The van der Waals surface area contributed by atoms with Gasteiger partial charge in [0.15, 0.2) is 5.17 Å². The first-order chi connectivity index (χ1) is 21.3. The summed E-state index contributed by atoms with van der Waals surface area (Å²) in [6, 6.07) is 18.5. The summed E-state index contributed by atoms with van der Waals surface area (Å²) in [7, 11) is 0. The van der Waals surface area contributed by atoms with E-state index in [0.717, 1.165) is 29.5 Å². The smallest absolute Gasteiger partial charge is 0.454 e. The van der Waals surface area contributed by atoms with Crippen LogP contribution in [-0.2, 0) is 9.53 Å². The van der Waals surface area contributed by atoms with E-state index in [4.69, 9.17) is 10.5 Å². The standard InChI is InChI=1S/C31H33F3N6O4S/c1-19(2)25-7-5-6-8-26(25)39-30(45-18-43-28(41)20(3)4)40-29(42)38-23-11-9-21(10-12-23)27(35)37-17-36-22-13-15-24(16-14-22)44-31(32,33)34/h5-17,19-20H,18H2,1-4H3,(H2,35,36,37)(H2,38,39,40,42). The number of amides is 2. The van der Waals surface area contributed by atoms with Gasteiger partial charge in [-0.25, -0.2) is 19.8 Å². The Morgan fingerprint density at radius 1 is 0.978 bits per heavy atom. The minimum absolute atomic E-state index is 0.0334. The average molecular weight is 643 g/mol. The van der Waals surface area contributed by atoms with E-state index < -0.39 is 12.4 Å². The largest absolute Gasteiger partial charge is 0.573 e. The van der Waals surface area contributed by atoms with Gasteiger partial charge >= 0.3 is 18.4 Å². The number of para-hydroxylation sites is 1. The summed E-state index contributed by atoms with van der Waals surface area (Å²) in [6.07, 6.45) is -3.61. The van der Waals surface area contributed by atoms with E-state index in [1.54, 1.807) is 38.1 Å². The van der Waals surface area contributed by atoms with Gasteiger partial charge in [0.25, 0.3) is 0 Å². The maximum atomic E-state index is 12.9. The molecule has 0 aliphatic heterocycles. The third-order valence-electron chi connectivity index (χ3n) is 5.78. The van der Waals surface area contributed by atoms with E-state index in [1.807, 2.05) is 38.1 Å². The number of hydrogen-bond donors (Lipinski definition) is 3. The highest BCUT2D eigenvalue weighted by Crippen LogP contribution is 2.28. The van der Waals surface area contributed by atoms with E-state index in [0.29, 0.717) is 22.6 Å². The zero-order valence-corrected chi connectivity index (χ0v) is 25.8. The van der Waals surface area contributed by atoms with Gasteiger partial charge in [-0.05, 0) is 77.8 Å². The number of nitrogens with one attached hydrogen (secondary N) is 2. The van der Waals surface area contributed by atoms with Gasteiger partial charge in [0.1, 0.15) is 23.9 Å². The summed E-state index contributed by atoms with van der Waals surface area (Å²) >= 11 is 1.08. The Morgan fingerprint density at radius 2 is 1.64 bits per heavy atom. The van der Waals surface area contributed by atoms with Crippen molar-refractivity contribution in [2.45, 2.75) is 40.0 Å². The number of nitrogens with two attached hydrogens (primary N) is 1. The number of carbonyl (C=O) groups is 2. The number of esters is 1. The van der Waals surface area contributed by atoms with Crippen molar-refractivity contribution in [2.75, 3.05) is 11.3 Å². The predicted molar refractivity (Wildman–Crippen MR) is 172 cm³/mol. The zero-order valence-electron chi connectivity index (χ0n) is 25.0. The number of aliphatic imine (C=N–C) groups is 3. The van der Waals surface area contributed by atoms with E-state index >= 15 is 0 Å². The van der Waals surface area contributed by atoms with Gasteiger partial charge < -0.3 is 20.5 Å². The summed E-state index contributed by atoms with van der Waals surface area (Å²) in [5.41, 5.74) is 9.03. The van der Waals surface area contributed by atoms with Crippen molar-refractivity contribution in [3.8, 4) is 5.75 Å². The number of rotatable bonds is 10. The lowest BCUT2D eigenvalue weighted by molar-refractivity contribution is -0.274. The molecule has 14 heteroatoms. The monoisotopic (exact) mass is 642 g/mol. The summed E-state index contributed by atoms with van der Waals surface area (Å²) in [4.78, 5) is 37.5. The molecule has 0 atom stereocenters. The second kappa shape index (κ2) is 16.3. The molecule has 3 aromatic carbocycles. The minimum Gasteiger partial charge on any atom is -0.454 e. The van der Waals surface area contributed by atoms with Crippen molar-refractivity contribution in [1.82, 2.24) is 5.32 Å². The zero-order chi connectivity index (χ0) is 33.0. The van der Waals surface area contributed by atoms with Gasteiger partial charge in [0.05, 0.1) is 17.3 Å². The van der Waals surface area contributed by atoms with Crippen LogP contribution in [-0.4, -0.2) is 41.6 Å². The van der Waals surface area contributed by atoms with Gasteiger partial charge in [0, 0.05) is 11.3 Å². The van der Waals surface area contributed by atoms with Gasteiger partial charge in [-0.15, -0.1) is 13.2 Å². The average Bonchev–Trinajstić information content (AvgIpc) is 2.97. The van der Waals surface area contributed by atoms with Crippen LogP contribution in [0.25, 0.3) is 0 Å². The Morgan fingerprint density at radius 3 is 2.27 bits per heavy atom. The van der Waals surface area contributed by atoms with Crippen molar-refractivity contribution in [3.63, 3.8) is 0 Å². The SMILES string of the molecule is CC(C)C(=O)OCSC(=Nc1ccccc1C(C)C)NC(=O)Nc1ccc(C(N)=NC=Nc2ccc(OC(F)(F)F)cc2)cc1. The first-order valence-electron chi connectivity index (χ1n) is 13.7. The number of thioether (sulfide) groups is 1. The highest BCUT2D eigenvalue weighted by Gasteiger charge is 2.30. The van der Waals surface area contributed by atoms with Crippen LogP contribution < -0.4 is 21.1 Å². The highest BCUT2D eigenvalue weighted by atomic mass is 32.2. The molecule has 0 aliphatic carbocycles. The number of nitrogens with zero attached hydrogens (tertiary/aromatic N) is 3. The van der Waals surface area contributed by atoms with Crippen LogP contribution in [0.4, 0.5) is 35.0 Å². The lowest BCUT2D eigenvalue weighted by atomic mass is 10.0. The molecule has 0 bridgehead atoms. The Labute approximate surface area is 263 Å². The summed E-state index contributed by atoms with van der Waals surface area (Å²) in [5, 5.41) is 5.69. The van der Waals surface area contributed by atoms with Crippen LogP contribution in [0.2, 0.25) is 0 Å². The molecule has 0 spiro atoms. The molecule has 0 aromatic heterocycles. The summed E-state index contributed by atoms with van der Waals surface area (Å²) < 4.78 is 46.0. The molecule has 0 heterocycles. The van der Waals surface area contributed by atoms with Crippen LogP contribution in [0.5, 0.6) is 5.75 Å². The molecule has 45 heavy (non-hydrogen) atoms. The lowest BCUT2D eigenvalue weighted by Gasteiger charge is -2.13. The normalized spacial score (nSPS) is 12.5. The van der Waals surface area contributed by atoms with Crippen LogP contribution in [0, 0.1) is 5.92 Å². The topological polar surface area (TPSA) is 140 Å². The van der Waals surface area contributed by atoms with E-state index in [2.05, 4.69) is 30.3 Å². The van der Waals surface area contributed by atoms with Crippen molar-refractivity contribution in [3.05, 3.63) is 83.9 Å². The van der Waals surface area contributed by atoms with Crippen LogP contribution in [0.3, 0.4) is 0 Å². The number of urea groups is 1. The molecule has 10 nitrogen and oxygen atoms in total. The first kappa shape index (κ1) is 34.6. The second-order valence-electron chi connectivity index (χ2n) is 9.97. The summed E-state index contributed by atoms with van der Waals surface area (Å²) in [6.45, 7) is 7.54. The Bertz CT molecular complexity index is 1540. The molecular formula is C31H33F3N6O4S. The third-order valence-corrected chi connectivity index (χ3v) is 6.48. The number of benzene rings is 3. The third kappa shape index (κ3) is 12.0. The molecule has 3 aromatic rings. The maximum absolute atomic E-state index is 12.9. The Kier molecular flexibility index (Phi) is 12.5. The first-order valence-corrected chi connectivity index (χ1v) is 14.7. The molecule has 0 radical (unpaired) electrons. The van der Waals surface area contributed by atoms with E-state index in [9.17, 15) is 22.8 Å². The van der Waals surface area contributed by atoms with E-state index in [1.165, 1.54) is 18.5 Å². The van der Waals surface area contributed by atoms with Gasteiger partial charge in [-0.3, -0.25) is 10.1 Å². The number of hydrogen-bond acceptors (Lipinski definition) is 7. The number of anilines is 1. The van der Waals surface area contributed by atoms with Crippen molar-refractivity contribution in [1.29, 1.82) is 0 Å². The number of amidine groups is 2. The summed E-state index contributed by atoms with van der Waals surface area (Å²) in [5.74, 6) is -0.737. The second-order valence-corrected chi connectivity index (χ2v) is 10.9. The molecule has 0 saturated heterocycles. The van der Waals surface area contributed by atoms with Crippen LogP contribution >= 0.6 is 11.8 Å². The van der Waals surface area contributed by atoms with E-state index in [-0.39, 0.29) is 40.5 Å². The minimum atomic E-state index is -4.78. The fraction of sp³-hybridized carbons (Fsp3) is 0.258.